The summed E-state index contributed by atoms with van der Waals surface area (Å²) in [5, 5.41) is 3.26. The molecule has 4 heteroatoms. The third kappa shape index (κ3) is 2.64. The summed E-state index contributed by atoms with van der Waals surface area (Å²) in [4.78, 5) is 14.9. The van der Waals surface area contributed by atoms with E-state index >= 15 is 0 Å². The average Bonchev–Trinajstić information content (AvgIpc) is 2.48. The van der Waals surface area contributed by atoms with E-state index < -0.39 is 0 Å². The van der Waals surface area contributed by atoms with Crippen molar-refractivity contribution in [1.82, 2.24) is 10.3 Å². The summed E-state index contributed by atoms with van der Waals surface area (Å²) in [5.74, 6) is 0.484. The van der Waals surface area contributed by atoms with E-state index in [0.717, 1.165) is 23.5 Å². The maximum absolute atomic E-state index is 11.9. The summed E-state index contributed by atoms with van der Waals surface area (Å²) in [6.07, 6.45) is 10.0. The van der Waals surface area contributed by atoms with Crippen LogP contribution in [-0.4, -0.2) is 11.5 Å². The van der Waals surface area contributed by atoms with Gasteiger partial charge < -0.3 is 16.0 Å². The van der Waals surface area contributed by atoms with Gasteiger partial charge in [-0.1, -0.05) is 25.3 Å². The molecule has 1 saturated carbocycles. The Hall–Kier alpha value is -1.97. The van der Waals surface area contributed by atoms with Crippen molar-refractivity contribution in [3.8, 4) is 0 Å². The summed E-state index contributed by atoms with van der Waals surface area (Å²) < 4.78 is 0. The molecule has 3 rings (SSSR count). The molecule has 0 unspecified atom stereocenters. The minimum absolute atomic E-state index is 0.0419. The van der Waals surface area contributed by atoms with Crippen molar-refractivity contribution in [3.05, 3.63) is 51.6 Å². The molecule has 1 aliphatic heterocycles. The minimum atomic E-state index is -0.0419. The lowest BCUT2D eigenvalue weighted by Crippen LogP contribution is -2.22. The Morgan fingerprint density at radius 3 is 2.70 bits per heavy atom. The Morgan fingerprint density at radius 2 is 1.95 bits per heavy atom. The van der Waals surface area contributed by atoms with Crippen LogP contribution >= 0.6 is 0 Å². The fourth-order valence-corrected chi connectivity index (χ4v) is 3.14. The summed E-state index contributed by atoms with van der Waals surface area (Å²) in [5.41, 5.74) is 9.49. The number of allylic oxidation sites excluding steroid dienone is 1. The monoisotopic (exact) mass is 271 g/mol. The molecule has 106 valence electrons. The first kappa shape index (κ1) is 13.0. The molecule has 1 aromatic heterocycles. The lowest BCUT2D eigenvalue weighted by molar-refractivity contribution is 0.436. The van der Waals surface area contributed by atoms with Gasteiger partial charge in [0.1, 0.15) is 0 Å². The Bertz CT molecular complexity index is 606. The van der Waals surface area contributed by atoms with E-state index in [1.807, 2.05) is 12.2 Å². The van der Waals surface area contributed by atoms with Crippen molar-refractivity contribution in [2.24, 2.45) is 5.73 Å². The largest absolute Gasteiger partial charge is 0.397 e. The molecular weight excluding hydrogens is 250 g/mol. The number of hydrogen-bond acceptors (Lipinski definition) is 3. The van der Waals surface area contributed by atoms with Crippen LogP contribution in [0.1, 0.15) is 49.3 Å². The van der Waals surface area contributed by atoms with Crippen molar-refractivity contribution in [2.45, 2.75) is 38.0 Å². The van der Waals surface area contributed by atoms with Crippen molar-refractivity contribution in [2.75, 3.05) is 6.54 Å². The highest BCUT2D eigenvalue weighted by Gasteiger charge is 2.18. The Morgan fingerprint density at radius 1 is 1.15 bits per heavy atom. The number of H-pyrrole nitrogens is 1. The SMILES string of the molecule is NC1=C(c2cc(C3CCCCC3)[nH]c(=O)c2)NCC=C1. The molecule has 20 heavy (non-hydrogen) atoms. The molecule has 4 N–H and O–H groups in total. The van der Waals surface area contributed by atoms with Crippen molar-refractivity contribution in [3.63, 3.8) is 0 Å². The van der Waals surface area contributed by atoms with Crippen molar-refractivity contribution >= 4 is 5.70 Å². The van der Waals surface area contributed by atoms with Crippen LogP contribution in [0.4, 0.5) is 0 Å². The Balaban J connectivity index is 1.98. The third-order valence-corrected chi connectivity index (χ3v) is 4.18. The molecule has 1 aliphatic carbocycles. The quantitative estimate of drug-likeness (QED) is 0.772. The first-order valence-corrected chi connectivity index (χ1v) is 7.39. The van der Waals surface area contributed by atoms with Crippen LogP contribution in [0.5, 0.6) is 0 Å². The zero-order valence-electron chi connectivity index (χ0n) is 11.6. The standard InChI is InChI=1S/C16H21N3O/c17-13-7-4-8-18-16(13)12-9-14(19-15(20)10-12)11-5-2-1-3-6-11/h4,7,9-11,18H,1-3,5-6,8,17H2,(H,19,20). The molecule has 0 aromatic carbocycles. The summed E-state index contributed by atoms with van der Waals surface area (Å²) in [6, 6.07) is 3.71. The van der Waals surface area contributed by atoms with Gasteiger partial charge in [-0.15, -0.1) is 0 Å². The van der Waals surface area contributed by atoms with Gasteiger partial charge in [-0.05, 0) is 30.9 Å². The van der Waals surface area contributed by atoms with Crippen LogP contribution in [-0.2, 0) is 0 Å². The molecule has 1 aromatic rings. The summed E-state index contributed by atoms with van der Waals surface area (Å²) in [7, 11) is 0. The van der Waals surface area contributed by atoms with Gasteiger partial charge in [0, 0.05) is 23.9 Å². The van der Waals surface area contributed by atoms with Crippen LogP contribution < -0.4 is 16.6 Å². The number of aromatic amines is 1. The van der Waals surface area contributed by atoms with Gasteiger partial charge in [0.2, 0.25) is 5.56 Å². The van der Waals surface area contributed by atoms with E-state index in [9.17, 15) is 4.79 Å². The van der Waals surface area contributed by atoms with Crippen LogP contribution in [0.15, 0.2) is 34.8 Å². The van der Waals surface area contributed by atoms with Gasteiger partial charge in [0.05, 0.1) is 11.4 Å². The maximum Gasteiger partial charge on any atom is 0.248 e. The van der Waals surface area contributed by atoms with Crippen LogP contribution in [0.2, 0.25) is 0 Å². The Kier molecular flexibility index (Phi) is 3.63. The second-order valence-electron chi connectivity index (χ2n) is 5.64. The maximum atomic E-state index is 11.9. The van der Waals surface area contributed by atoms with Crippen molar-refractivity contribution < 1.29 is 0 Å². The fraction of sp³-hybridized carbons (Fsp3) is 0.438. The van der Waals surface area contributed by atoms with Gasteiger partial charge in [-0.3, -0.25) is 4.79 Å². The molecule has 0 bridgehead atoms. The van der Waals surface area contributed by atoms with Gasteiger partial charge in [-0.2, -0.15) is 0 Å². The predicted molar refractivity (Wildman–Crippen MR) is 81.1 cm³/mol. The highest BCUT2D eigenvalue weighted by Crippen LogP contribution is 2.32. The summed E-state index contributed by atoms with van der Waals surface area (Å²) in [6.45, 7) is 0.752. The zero-order chi connectivity index (χ0) is 13.9. The number of pyridine rings is 1. The van der Waals surface area contributed by atoms with Gasteiger partial charge in [0.15, 0.2) is 0 Å². The van der Waals surface area contributed by atoms with E-state index in [2.05, 4.69) is 16.4 Å². The van der Waals surface area contributed by atoms with Crippen molar-refractivity contribution in [1.29, 1.82) is 0 Å². The first-order valence-electron chi connectivity index (χ1n) is 7.39. The van der Waals surface area contributed by atoms with E-state index in [4.69, 9.17) is 5.73 Å². The molecule has 0 saturated heterocycles. The molecule has 4 nitrogen and oxygen atoms in total. The van der Waals surface area contributed by atoms with E-state index in [1.54, 1.807) is 6.07 Å². The third-order valence-electron chi connectivity index (χ3n) is 4.18. The minimum Gasteiger partial charge on any atom is -0.397 e. The lowest BCUT2D eigenvalue weighted by Gasteiger charge is -2.23. The number of nitrogens with one attached hydrogen (secondary N) is 2. The van der Waals surface area contributed by atoms with Gasteiger partial charge in [0.25, 0.3) is 0 Å². The number of dihydropyridines is 1. The first-order chi connectivity index (χ1) is 9.74. The molecule has 2 aliphatic rings. The molecule has 0 atom stereocenters. The van der Waals surface area contributed by atoms with Gasteiger partial charge >= 0.3 is 0 Å². The zero-order valence-corrected chi connectivity index (χ0v) is 11.6. The van der Waals surface area contributed by atoms with Crippen LogP contribution in [0.25, 0.3) is 5.70 Å². The molecule has 0 amide bonds. The smallest absolute Gasteiger partial charge is 0.248 e. The number of hydrogen-bond donors (Lipinski definition) is 3. The number of nitrogens with two attached hydrogens (primary N) is 1. The summed E-state index contributed by atoms with van der Waals surface area (Å²) >= 11 is 0. The molecule has 1 fully saturated rings. The second-order valence-corrected chi connectivity index (χ2v) is 5.64. The second kappa shape index (κ2) is 5.57. The molecule has 0 spiro atoms. The normalized spacial score (nSPS) is 20.0. The average molecular weight is 271 g/mol. The van der Waals surface area contributed by atoms with Crippen LogP contribution in [0.3, 0.4) is 0 Å². The van der Waals surface area contributed by atoms with E-state index in [-0.39, 0.29) is 5.56 Å². The fourth-order valence-electron chi connectivity index (χ4n) is 3.14. The van der Waals surface area contributed by atoms with E-state index in [1.165, 1.54) is 32.1 Å². The van der Waals surface area contributed by atoms with E-state index in [0.29, 0.717) is 11.6 Å². The van der Waals surface area contributed by atoms with Crippen LogP contribution in [0, 0.1) is 0 Å². The highest BCUT2D eigenvalue weighted by atomic mass is 16.1. The topological polar surface area (TPSA) is 70.9 Å². The predicted octanol–water partition coefficient (Wildman–Crippen LogP) is 2.21. The molecular formula is C16H21N3O. The Labute approximate surface area is 118 Å². The van der Waals surface area contributed by atoms with Gasteiger partial charge in [-0.25, -0.2) is 0 Å². The number of rotatable bonds is 2. The number of aromatic nitrogens is 1. The lowest BCUT2D eigenvalue weighted by atomic mass is 9.86. The highest BCUT2D eigenvalue weighted by molar-refractivity contribution is 5.70. The molecule has 0 radical (unpaired) electrons. The molecule has 2 heterocycles.